The molecular formula is C25H42O3Si. The summed E-state index contributed by atoms with van der Waals surface area (Å²) in [6, 6.07) is 3.63. The topological polar surface area (TPSA) is 27.7 Å². The molecule has 1 heterocycles. The third-order valence-corrected chi connectivity index (χ3v) is 13.7. The first-order valence-corrected chi connectivity index (χ1v) is 14.8. The Balaban J connectivity index is 1.73. The van der Waals surface area contributed by atoms with Crippen molar-refractivity contribution in [3.8, 4) is 0 Å². The first-order valence-electron chi connectivity index (χ1n) is 12.3. The van der Waals surface area contributed by atoms with E-state index in [0.717, 1.165) is 45.3 Å². The lowest BCUT2D eigenvalue weighted by Gasteiger charge is -2.52. The maximum atomic E-state index is 7.45. The molecule has 1 spiro atoms. The fourth-order valence-corrected chi connectivity index (χ4v) is 10.1. The molecule has 4 atom stereocenters. The highest BCUT2D eigenvalue weighted by atomic mass is 28.4. The molecule has 3 aliphatic carbocycles. The van der Waals surface area contributed by atoms with Gasteiger partial charge in [0.25, 0.3) is 0 Å². The molecule has 0 aromatic carbocycles. The van der Waals surface area contributed by atoms with Crippen LogP contribution in [0.1, 0.15) is 72.6 Å². The van der Waals surface area contributed by atoms with E-state index in [-0.39, 0.29) is 11.4 Å². The van der Waals surface area contributed by atoms with Gasteiger partial charge in [-0.15, -0.1) is 0 Å². The van der Waals surface area contributed by atoms with E-state index in [1.807, 2.05) is 0 Å². The molecule has 164 valence electrons. The van der Waals surface area contributed by atoms with Crippen molar-refractivity contribution >= 4 is 8.32 Å². The molecule has 0 aromatic heterocycles. The molecule has 1 saturated heterocycles. The van der Waals surface area contributed by atoms with Gasteiger partial charge in [0, 0.05) is 12.8 Å². The Kier molecular flexibility index (Phi) is 6.20. The van der Waals surface area contributed by atoms with Crippen molar-refractivity contribution in [2.75, 3.05) is 13.2 Å². The van der Waals surface area contributed by atoms with Crippen LogP contribution < -0.4 is 0 Å². The van der Waals surface area contributed by atoms with Crippen LogP contribution in [0.4, 0.5) is 0 Å². The van der Waals surface area contributed by atoms with Crippen LogP contribution in [0.5, 0.6) is 0 Å². The highest BCUT2D eigenvalue weighted by Gasteiger charge is 2.56. The summed E-state index contributed by atoms with van der Waals surface area (Å²) >= 11 is 0. The van der Waals surface area contributed by atoms with Gasteiger partial charge in [-0.2, -0.15) is 0 Å². The predicted octanol–water partition coefficient (Wildman–Crippen LogP) is 6.61. The monoisotopic (exact) mass is 418 g/mol. The quantitative estimate of drug-likeness (QED) is 0.371. The smallest absolute Gasteiger partial charge is 0.193 e. The Labute approximate surface area is 179 Å². The first-order chi connectivity index (χ1) is 13.9. The average molecular weight is 419 g/mol. The lowest BCUT2D eigenvalue weighted by atomic mass is 9.63. The maximum absolute atomic E-state index is 7.45. The molecule has 0 aromatic rings. The Morgan fingerprint density at radius 2 is 1.76 bits per heavy atom. The Bertz CT molecular complexity index is 638. The number of hydrogen-bond acceptors (Lipinski definition) is 3. The third kappa shape index (κ3) is 3.62. The minimum atomic E-state index is -1.74. The zero-order valence-corrected chi connectivity index (χ0v) is 20.2. The van der Waals surface area contributed by atoms with Crippen LogP contribution in [0.15, 0.2) is 23.8 Å². The van der Waals surface area contributed by atoms with Gasteiger partial charge >= 0.3 is 0 Å². The summed E-state index contributed by atoms with van der Waals surface area (Å²) in [6.45, 7) is 15.7. The molecule has 0 radical (unpaired) electrons. The second-order valence-corrected chi connectivity index (χ2v) is 14.8. The van der Waals surface area contributed by atoms with Crippen LogP contribution in [0.2, 0.25) is 18.1 Å². The molecule has 2 saturated carbocycles. The number of allylic oxidation sites excluding steroid dienone is 2. The van der Waals surface area contributed by atoms with E-state index in [1.165, 1.54) is 36.5 Å². The molecule has 0 unspecified atom stereocenters. The maximum Gasteiger partial charge on any atom is 0.193 e. The van der Waals surface area contributed by atoms with Crippen molar-refractivity contribution in [3.63, 3.8) is 0 Å². The summed E-state index contributed by atoms with van der Waals surface area (Å²) in [5, 5.41) is 0. The van der Waals surface area contributed by atoms with Crippen LogP contribution in [0, 0.1) is 17.8 Å². The van der Waals surface area contributed by atoms with Gasteiger partial charge in [0.2, 0.25) is 0 Å². The van der Waals surface area contributed by atoms with E-state index in [0.29, 0.717) is 17.8 Å². The largest absolute Gasteiger partial charge is 0.407 e. The lowest BCUT2D eigenvalue weighted by Crippen LogP contribution is -2.54. The summed E-state index contributed by atoms with van der Waals surface area (Å²) in [5.74, 6) is 1.21. The standard InChI is InChI=1S/C25H42O3Si/c1-6-29(7-2,8-3)28-25-14-9-10-21(25)12-11-19(4)22-13-15-24(26-16-17-27-24)18-23(22)20(25)5/h11,21-23H,5-10,12-18H2,1-4H3/b19-11-/t21-,22-,23-,25+/m0/s1. The van der Waals surface area contributed by atoms with Crippen molar-refractivity contribution in [2.24, 2.45) is 17.8 Å². The van der Waals surface area contributed by atoms with Gasteiger partial charge in [0.1, 0.15) is 0 Å². The highest BCUT2D eigenvalue weighted by molar-refractivity contribution is 6.73. The molecule has 3 fully saturated rings. The zero-order valence-electron chi connectivity index (χ0n) is 19.2. The van der Waals surface area contributed by atoms with Gasteiger partial charge in [-0.05, 0) is 80.5 Å². The molecule has 4 aliphatic rings. The normalized spacial score (nSPS) is 38.8. The first kappa shape index (κ1) is 21.8. The minimum Gasteiger partial charge on any atom is -0.407 e. The van der Waals surface area contributed by atoms with Crippen LogP contribution >= 0.6 is 0 Å². The molecule has 4 heteroatoms. The minimum absolute atomic E-state index is 0.120. The van der Waals surface area contributed by atoms with Crippen LogP contribution in [0.3, 0.4) is 0 Å². The second kappa shape index (κ2) is 8.25. The summed E-state index contributed by atoms with van der Waals surface area (Å²) in [4.78, 5) is 0. The van der Waals surface area contributed by atoms with Gasteiger partial charge in [0.05, 0.1) is 18.8 Å². The van der Waals surface area contributed by atoms with Gasteiger partial charge in [-0.1, -0.05) is 39.0 Å². The SMILES string of the molecule is C=C1[C@@H]2CC3(CC[C@H]2/C(C)=C\C[C@@H]2CCC[C@@]12O[Si](CC)(CC)CC)OCCO3. The molecule has 0 bridgehead atoms. The zero-order chi connectivity index (χ0) is 20.7. The van der Waals surface area contributed by atoms with E-state index < -0.39 is 8.32 Å². The molecule has 0 N–H and O–H groups in total. The fourth-order valence-electron chi connectivity index (χ4n) is 6.95. The summed E-state index contributed by atoms with van der Waals surface area (Å²) < 4.78 is 19.8. The van der Waals surface area contributed by atoms with Crippen LogP contribution in [-0.2, 0) is 13.9 Å². The van der Waals surface area contributed by atoms with Crippen molar-refractivity contribution in [2.45, 2.75) is 102 Å². The van der Waals surface area contributed by atoms with Gasteiger partial charge in [0.15, 0.2) is 14.1 Å². The van der Waals surface area contributed by atoms with Crippen molar-refractivity contribution < 1.29 is 13.9 Å². The van der Waals surface area contributed by atoms with Crippen molar-refractivity contribution in [1.82, 2.24) is 0 Å². The Morgan fingerprint density at radius 3 is 2.41 bits per heavy atom. The fraction of sp³-hybridized carbons (Fsp3) is 0.840. The summed E-state index contributed by atoms with van der Waals surface area (Å²) in [7, 11) is -1.74. The predicted molar refractivity (Wildman–Crippen MR) is 121 cm³/mol. The van der Waals surface area contributed by atoms with E-state index in [1.54, 1.807) is 5.57 Å². The molecule has 3 nitrogen and oxygen atoms in total. The number of ether oxygens (including phenoxy) is 2. The highest BCUT2D eigenvalue weighted by Crippen LogP contribution is 2.57. The van der Waals surface area contributed by atoms with Crippen LogP contribution in [0.25, 0.3) is 0 Å². The van der Waals surface area contributed by atoms with E-state index >= 15 is 0 Å². The average Bonchev–Trinajstić information content (AvgIpc) is 3.36. The van der Waals surface area contributed by atoms with Gasteiger partial charge in [-0.25, -0.2) is 0 Å². The summed E-state index contributed by atoms with van der Waals surface area (Å²) in [6.07, 6.45) is 10.5. The molecule has 0 amide bonds. The molecule has 1 aliphatic heterocycles. The second-order valence-electron chi connectivity index (χ2n) is 10.1. The third-order valence-electron chi connectivity index (χ3n) is 9.06. The van der Waals surface area contributed by atoms with E-state index in [9.17, 15) is 0 Å². The van der Waals surface area contributed by atoms with Crippen LogP contribution in [-0.4, -0.2) is 32.9 Å². The number of rotatable bonds is 5. The number of hydrogen-bond donors (Lipinski definition) is 0. The molecular weight excluding hydrogens is 376 g/mol. The van der Waals surface area contributed by atoms with Crippen molar-refractivity contribution in [3.05, 3.63) is 23.8 Å². The van der Waals surface area contributed by atoms with E-state index in [2.05, 4.69) is 33.8 Å². The van der Waals surface area contributed by atoms with Gasteiger partial charge in [-0.3, -0.25) is 0 Å². The van der Waals surface area contributed by atoms with Gasteiger partial charge < -0.3 is 13.9 Å². The van der Waals surface area contributed by atoms with Crippen molar-refractivity contribution in [1.29, 1.82) is 0 Å². The lowest BCUT2D eigenvalue weighted by molar-refractivity contribution is -0.191. The molecule has 4 rings (SSSR count). The molecule has 29 heavy (non-hydrogen) atoms. The Hall–Kier alpha value is -0.423. The summed E-state index contributed by atoms with van der Waals surface area (Å²) in [5.41, 5.74) is 2.84. The van der Waals surface area contributed by atoms with E-state index in [4.69, 9.17) is 20.5 Å². The Morgan fingerprint density at radius 1 is 1.07 bits per heavy atom. The number of fused-ring (bicyclic) bond motifs is 2.